The first kappa shape index (κ1) is 19.6. The molecular weight excluding hydrogens is 364 g/mol. The molecule has 0 spiro atoms. The van der Waals surface area contributed by atoms with Crippen molar-refractivity contribution in [2.75, 3.05) is 20.2 Å². The van der Waals surface area contributed by atoms with Gasteiger partial charge in [0.15, 0.2) is 5.75 Å². The number of carbonyl (C=O) groups is 2. The Morgan fingerprint density at radius 2 is 2.04 bits per heavy atom. The molecule has 0 saturated carbocycles. The number of hydrogen-bond donors (Lipinski definition) is 3. The van der Waals surface area contributed by atoms with E-state index < -0.39 is 28.8 Å². The number of carboxylic acid groups (broad SMARTS) is 1. The second kappa shape index (κ2) is 7.85. The van der Waals surface area contributed by atoms with Crippen LogP contribution in [0.15, 0.2) is 47.4 Å². The molecule has 0 bridgehead atoms. The number of hydrogen-bond acceptors (Lipinski definition) is 5. The summed E-state index contributed by atoms with van der Waals surface area (Å²) < 4.78 is 4.89. The summed E-state index contributed by atoms with van der Waals surface area (Å²) in [6, 6.07) is 10.1. The first-order chi connectivity index (χ1) is 13.4. The summed E-state index contributed by atoms with van der Waals surface area (Å²) in [5, 5.41) is 20.5. The molecule has 0 aliphatic carbocycles. The number of methoxy groups -OCH3 is 1. The molecule has 2 atom stereocenters. The van der Waals surface area contributed by atoms with Crippen molar-refractivity contribution in [3.63, 3.8) is 0 Å². The molecule has 8 nitrogen and oxygen atoms in total. The van der Waals surface area contributed by atoms with Crippen LogP contribution in [-0.4, -0.2) is 58.3 Å². The van der Waals surface area contributed by atoms with Crippen molar-refractivity contribution in [3.05, 3.63) is 64.1 Å². The third kappa shape index (κ3) is 3.63. The molecule has 1 aromatic carbocycles. The van der Waals surface area contributed by atoms with Gasteiger partial charge in [-0.05, 0) is 18.4 Å². The van der Waals surface area contributed by atoms with E-state index in [1.165, 1.54) is 18.2 Å². The van der Waals surface area contributed by atoms with E-state index in [-0.39, 0.29) is 37.4 Å². The summed E-state index contributed by atoms with van der Waals surface area (Å²) in [5.74, 6) is -1.58. The van der Waals surface area contributed by atoms with Gasteiger partial charge in [-0.25, -0.2) is 0 Å². The number of rotatable bonds is 5. The Morgan fingerprint density at radius 1 is 1.32 bits per heavy atom. The Bertz CT molecular complexity index is 926. The number of likely N-dealkylation sites (tertiary alicyclic amines) is 1. The molecule has 1 fully saturated rings. The number of aromatic nitrogens is 1. The number of aliphatic hydroxyl groups is 1. The first-order valence-corrected chi connectivity index (χ1v) is 8.89. The van der Waals surface area contributed by atoms with E-state index in [1.54, 1.807) is 24.3 Å². The van der Waals surface area contributed by atoms with Gasteiger partial charge < -0.3 is 24.8 Å². The fourth-order valence-electron chi connectivity index (χ4n) is 3.58. The molecule has 1 aliphatic heterocycles. The summed E-state index contributed by atoms with van der Waals surface area (Å²) >= 11 is 0. The second-order valence-corrected chi connectivity index (χ2v) is 6.93. The van der Waals surface area contributed by atoms with Crippen LogP contribution in [0, 0.1) is 5.41 Å². The van der Waals surface area contributed by atoms with Gasteiger partial charge in [-0.2, -0.15) is 0 Å². The van der Waals surface area contributed by atoms with Crippen molar-refractivity contribution < 1.29 is 24.5 Å². The van der Waals surface area contributed by atoms with Crippen LogP contribution in [0.25, 0.3) is 0 Å². The average molecular weight is 386 g/mol. The zero-order valence-electron chi connectivity index (χ0n) is 15.4. The normalized spacial score (nSPS) is 21.9. The van der Waals surface area contributed by atoms with Crippen molar-refractivity contribution >= 4 is 11.9 Å². The highest BCUT2D eigenvalue weighted by molar-refractivity contribution is 5.93. The van der Waals surface area contributed by atoms with Gasteiger partial charge in [-0.15, -0.1) is 0 Å². The van der Waals surface area contributed by atoms with Gasteiger partial charge in [0.1, 0.15) is 11.1 Å². The average Bonchev–Trinajstić information content (AvgIpc) is 2.69. The number of nitrogens with zero attached hydrogens (tertiary/aromatic N) is 1. The van der Waals surface area contributed by atoms with Crippen LogP contribution in [-0.2, 0) is 11.2 Å². The molecule has 1 amide bonds. The Morgan fingerprint density at radius 3 is 2.64 bits per heavy atom. The van der Waals surface area contributed by atoms with Crippen molar-refractivity contribution in [2.45, 2.75) is 18.9 Å². The van der Waals surface area contributed by atoms with E-state index in [0.29, 0.717) is 0 Å². The minimum atomic E-state index is -1.53. The fourth-order valence-corrected chi connectivity index (χ4v) is 3.58. The maximum atomic E-state index is 12.9. The van der Waals surface area contributed by atoms with E-state index >= 15 is 0 Å². The van der Waals surface area contributed by atoms with E-state index in [4.69, 9.17) is 4.74 Å². The number of ether oxygens (including phenoxy) is 1. The number of amides is 1. The summed E-state index contributed by atoms with van der Waals surface area (Å²) in [5.41, 5.74) is -1.17. The van der Waals surface area contributed by atoms with E-state index in [9.17, 15) is 24.6 Å². The lowest BCUT2D eigenvalue weighted by atomic mass is 9.72. The highest BCUT2D eigenvalue weighted by atomic mass is 16.5. The molecular formula is C20H22N2O6. The van der Waals surface area contributed by atoms with Gasteiger partial charge in [-0.1, -0.05) is 30.3 Å². The number of carbonyl (C=O) groups excluding carboxylic acids is 1. The maximum Gasteiger partial charge on any atom is 0.314 e. The van der Waals surface area contributed by atoms with Crippen LogP contribution in [0.4, 0.5) is 0 Å². The van der Waals surface area contributed by atoms with E-state index in [0.717, 1.165) is 11.6 Å². The van der Waals surface area contributed by atoms with Crippen LogP contribution in [0.3, 0.4) is 0 Å². The number of piperidine rings is 1. The molecule has 0 radical (unpaired) electrons. The van der Waals surface area contributed by atoms with Crippen molar-refractivity contribution in [1.29, 1.82) is 0 Å². The number of pyridine rings is 1. The number of nitrogens with one attached hydrogen (secondary N) is 1. The van der Waals surface area contributed by atoms with Crippen molar-refractivity contribution in [3.8, 4) is 5.75 Å². The Labute approximate surface area is 161 Å². The van der Waals surface area contributed by atoms with Gasteiger partial charge in [0.05, 0.1) is 13.2 Å². The number of aliphatic hydroxyl groups excluding tert-OH is 1. The summed E-state index contributed by atoms with van der Waals surface area (Å²) in [7, 11) is 1.35. The third-order valence-corrected chi connectivity index (χ3v) is 5.19. The van der Waals surface area contributed by atoms with Gasteiger partial charge in [-0.3, -0.25) is 14.4 Å². The molecule has 28 heavy (non-hydrogen) atoms. The molecule has 2 heterocycles. The Hall–Kier alpha value is -3.13. The van der Waals surface area contributed by atoms with Gasteiger partial charge in [0, 0.05) is 25.4 Å². The van der Waals surface area contributed by atoms with Crippen LogP contribution in [0.1, 0.15) is 22.5 Å². The number of aromatic amines is 1. The topological polar surface area (TPSA) is 120 Å². The van der Waals surface area contributed by atoms with Crippen LogP contribution in [0.2, 0.25) is 0 Å². The predicted octanol–water partition coefficient (Wildman–Crippen LogP) is 0.904. The SMILES string of the molecule is COc1c[nH]c(C(=O)N2CC[C@@H](O)[C@](Cc3ccccc3)(C(=O)O)C2)cc1=O. The predicted molar refractivity (Wildman–Crippen MR) is 100 cm³/mol. The summed E-state index contributed by atoms with van der Waals surface area (Å²) in [4.78, 5) is 41.0. The second-order valence-electron chi connectivity index (χ2n) is 6.93. The van der Waals surface area contributed by atoms with Crippen LogP contribution >= 0.6 is 0 Å². The molecule has 0 unspecified atom stereocenters. The third-order valence-electron chi connectivity index (χ3n) is 5.19. The number of carboxylic acids is 1. The standard InChI is InChI=1S/C20H22N2O6/c1-28-16-11-21-14(9-15(16)23)18(25)22-8-7-17(24)20(12-22,19(26)27)10-13-5-3-2-4-6-13/h2-6,9,11,17,24H,7-8,10,12H2,1H3,(H,21,23)(H,26,27)/t17-,20-/m1/s1. The number of aliphatic carboxylic acids is 1. The molecule has 3 N–H and O–H groups in total. The van der Waals surface area contributed by atoms with Gasteiger partial charge >= 0.3 is 5.97 Å². The van der Waals surface area contributed by atoms with Gasteiger partial charge in [0.2, 0.25) is 5.43 Å². The van der Waals surface area contributed by atoms with E-state index in [2.05, 4.69) is 4.98 Å². The smallest absolute Gasteiger partial charge is 0.314 e. The zero-order valence-corrected chi connectivity index (χ0v) is 15.4. The fraction of sp³-hybridized carbons (Fsp3) is 0.350. The zero-order chi connectivity index (χ0) is 20.3. The van der Waals surface area contributed by atoms with Crippen molar-refractivity contribution in [1.82, 2.24) is 9.88 Å². The Balaban J connectivity index is 1.89. The van der Waals surface area contributed by atoms with Crippen LogP contribution in [0.5, 0.6) is 5.75 Å². The lowest BCUT2D eigenvalue weighted by Gasteiger charge is -2.43. The summed E-state index contributed by atoms with van der Waals surface area (Å²) in [6.07, 6.45) is 0.422. The highest BCUT2D eigenvalue weighted by Gasteiger charge is 2.50. The Kier molecular flexibility index (Phi) is 5.51. The minimum Gasteiger partial charge on any atom is -0.491 e. The maximum absolute atomic E-state index is 12.9. The van der Waals surface area contributed by atoms with Gasteiger partial charge in [0.25, 0.3) is 5.91 Å². The molecule has 2 aromatic rings. The molecule has 1 saturated heterocycles. The lowest BCUT2D eigenvalue weighted by Crippen LogP contribution is -2.58. The molecule has 3 rings (SSSR count). The lowest BCUT2D eigenvalue weighted by molar-refractivity contribution is -0.161. The molecule has 8 heteroatoms. The first-order valence-electron chi connectivity index (χ1n) is 8.89. The highest BCUT2D eigenvalue weighted by Crippen LogP contribution is 2.35. The van der Waals surface area contributed by atoms with E-state index in [1.807, 2.05) is 6.07 Å². The van der Waals surface area contributed by atoms with Crippen LogP contribution < -0.4 is 10.2 Å². The quantitative estimate of drug-likeness (QED) is 0.702. The molecule has 1 aromatic heterocycles. The number of H-pyrrole nitrogens is 1. The van der Waals surface area contributed by atoms with Crippen molar-refractivity contribution in [2.24, 2.45) is 5.41 Å². The minimum absolute atomic E-state index is 0.0428. The molecule has 148 valence electrons. The summed E-state index contributed by atoms with van der Waals surface area (Å²) in [6.45, 7) is 0.0309. The number of benzene rings is 1. The largest absolute Gasteiger partial charge is 0.491 e. The monoisotopic (exact) mass is 386 g/mol. The molecule has 1 aliphatic rings.